The summed E-state index contributed by atoms with van der Waals surface area (Å²) in [6.07, 6.45) is 0. The van der Waals surface area contributed by atoms with Crippen molar-refractivity contribution >= 4 is 11.6 Å². The molecule has 0 aliphatic rings. The molecule has 0 saturated carbocycles. The normalized spacial score (nSPS) is 9.31. The number of hydrogen-bond acceptors (Lipinski definition) is 3. The molecule has 0 aromatic heterocycles. The Labute approximate surface area is 93.1 Å². The first-order chi connectivity index (χ1) is 7.63. The number of nitriles is 1. The number of rotatable bonds is 4. The van der Waals surface area contributed by atoms with Gasteiger partial charge in [0.05, 0.1) is 5.56 Å². The molecule has 1 aromatic carbocycles. The quantitative estimate of drug-likeness (QED) is 0.752. The summed E-state index contributed by atoms with van der Waals surface area (Å²) in [7, 11) is 0. The summed E-state index contributed by atoms with van der Waals surface area (Å²) in [6.45, 7) is 2.44. The van der Waals surface area contributed by atoms with Crippen molar-refractivity contribution in [3.63, 3.8) is 0 Å². The zero-order chi connectivity index (χ0) is 12.0. The van der Waals surface area contributed by atoms with E-state index in [9.17, 15) is 9.18 Å². The van der Waals surface area contributed by atoms with Gasteiger partial charge in [0.2, 0.25) is 5.91 Å². The Kier molecular flexibility index (Phi) is 4.28. The molecule has 2 N–H and O–H groups in total. The fraction of sp³-hybridized carbons (Fsp3) is 0.273. The molecule has 1 amide bonds. The summed E-state index contributed by atoms with van der Waals surface area (Å²) >= 11 is 0. The lowest BCUT2D eigenvalue weighted by molar-refractivity contribution is -0.118. The van der Waals surface area contributed by atoms with Gasteiger partial charge in [-0.15, -0.1) is 0 Å². The summed E-state index contributed by atoms with van der Waals surface area (Å²) in [5.41, 5.74) is 0.660. The molecule has 4 nitrogen and oxygen atoms in total. The molecule has 0 aliphatic carbocycles. The van der Waals surface area contributed by atoms with Gasteiger partial charge in [0.15, 0.2) is 0 Å². The van der Waals surface area contributed by atoms with Crippen LogP contribution in [0.3, 0.4) is 0 Å². The van der Waals surface area contributed by atoms with Crippen molar-refractivity contribution in [1.29, 1.82) is 5.26 Å². The first-order valence-corrected chi connectivity index (χ1v) is 4.81. The monoisotopic (exact) mass is 221 g/mol. The number of hydrogen-bond donors (Lipinski definition) is 2. The van der Waals surface area contributed by atoms with E-state index in [-0.39, 0.29) is 11.5 Å². The van der Waals surface area contributed by atoms with E-state index in [0.717, 1.165) is 0 Å². The smallest absolute Gasteiger partial charge is 0.216 e. The van der Waals surface area contributed by atoms with E-state index >= 15 is 0 Å². The minimum absolute atomic E-state index is 0.00419. The molecule has 1 rings (SSSR count). The van der Waals surface area contributed by atoms with Crippen molar-refractivity contribution < 1.29 is 9.18 Å². The fourth-order valence-electron chi connectivity index (χ4n) is 1.17. The minimum atomic E-state index is -0.532. The number of anilines is 1. The van der Waals surface area contributed by atoms with Gasteiger partial charge in [0, 0.05) is 25.7 Å². The van der Waals surface area contributed by atoms with Crippen LogP contribution >= 0.6 is 0 Å². The molecule has 0 aliphatic heterocycles. The molecule has 84 valence electrons. The van der Waals surface area contributed by atoms with Crippen LogP contribution in [0.15, 0.2) is 18.2 Å². The third-order valence-corrected chi connectivity index (χ3v) is 1.91. The Bertz CT molecular complexity index is 426. The van der Waals surface area contributed by atoms with E-state index in [2.05, 4.69) is 10.6 Å². The van der Waals surface area contributed by atoms with Crippen LogP contribution in [0.1, 0.15) is 12.5 Å². The Hall–Kier alpha value is -2.09. The van der Waals surface area contributed by atoms with E-state index in [0.29, 0.717) is 18.8 Å². The number of halogens is 1. The molecule has 1 aromatic rings. The maximum Gasteiger partial charge on any atom is 0.216 e. The third kappa shape index (κ3) is 3.58. The zero-order valence-corrected chi connectivity index (χ0v) is 8.88. The summed E-state index contributed by atoms with van der Waals surface area (Å²) in [6, 6.07) is 5.97. The lowest BCUT2D eigenvalue weighted by Gasteiger charge is -2.07. The number of carbonyl (C=O) groups is 1. The van der Waals surface area contributed by atoms with Crippen LogP contribution in [0.4, 0.5) is 10.1 Å². The second-order valence-corrected chi connectivity index (χ2v) is 3.22. The van der Waals surface area contributed by atoms with Crippen molar-refractivity contribution in [2.45, 2.75) is 6.92 Å². The third-order valence-electron chi connectivity index (χ3n) is 1.91. The number of nitrogens with zero attached hydrogens (tertiary/aromatic N) is 1. The molecule has 0 atom stereocenters. The van der Waals surface area contributed by atoms with E-state index in [1.165, 1.54) is 19.1 Å². The standard InChI is InChI=1S/C11H12FN3O/c1-8(16)14-4-5-15-10-2-3-11(12)9(6-10)7-13/h2-3,6,15H,4-5H2,1H3,(H,14,16). The Morgan fingerprint density at radius 2 is 2.25 bits per heavy atom. The Morgan fingerprint density at radius 1 is 1.50 bits per heavy atom. The number of amides is 1. The molecule has 0 spiro atoms. The van der Waals surface area contributed by atoms with Gasteiger partial charge in [0.1, 0.15) is 11.9 Å². The van der Waals surface area contributed by atoms with Crippen LogP contribution in [0.5, 0.6) is 0 Å². The maximum absolute atomic E-state index is 13.0. The van der Waals surface area contributed by atoms with Crippen LogP contribution in [0.25, 0.3) is 0 Å². The van der Waals surface area contributed by atoms with Crippen molar-refractivity contribution in [2.75, 3.05) is 18.4 Å². The van der Waals surface area contributed by atoms with Gasteiger partial charge in [-0.3, -0.25) is 4.79 Å². The molecule has 0 bridgehead atoms. The van der Waals surface area contributed by atoms with Gasteiger partial charge >= 0.3 is 0 Å². The predicted octanol–water partition coefficient (Wildman–Crippen LogP) is 1.25. The van der Waals surface area contributed by atoms with Gasteiger partial charge in [-0.2, -0.15) is 5.26 Å². The number of benzene rings is 1. The maximum atomic E-state index is 13.0. The van der Waals surface area contributed by atoms with Crippen LogP contribution < -0.4 is 10.6 Å². The molecule has 0 saturated heterocycles. The number of carbonyl (C=O) groups excluding carboxylic acids is 1. The van der Waals surface area contributed by atoms with Crippen LogP contribution in [0, 0.1) is 17.1 Å². The highest BCUT2D eigenvalue weighted by atomic mass is 19.1. The van der Waals surface area contributed by atoms with Crippen molar-refractivity contribution in [3.8, 4) is 6.07 Å². The van der Waals surface area contributed by atoms with Gasteiger partial charge in [-0.25, -0.2) is 4.39 Å². The summed E-state index contributed by atoms with van der Waals surface area (Å²) in [4.78, 5) is 10.6. The highest BCUT2D eigenvalue weighted by Gasteiger charge is 2.01. The topological polar surface area (TPSA) is 64.9 Å². The molecule has 0 heterocycles. The number of nitrogens with one attached hydrogen (secondary N) is 2. The van der Waals surface area contributed by atoms with E-state index in [4.69, 9.17) is 5.26 Å². The Balaban J connectivity index is 2.49. The molecule has 16 heavy (non-hydrogen) atoms. The zero-order valence-electron chi connectivity index (χ0n) is 8.88. The molecular formula is C11H12FN3O. The van der Waals surface area contributed by atoms with Gasteiger partial charge in [-0.1, -0.05) is 0 Å². The molecule has 0 unspecified atom stereocenters. The van der Waals surface area contributed by atoms with E-state index < -0.39 is 5.82 Å². The molecular weight excluding hydrogens is 209 g/mol. The summed E-state index contributed by atoms with van der Waals surface area (Å²) in [5, 5.41) is 14.2. The Morgan fingerprint density at radius 3 is 2.88 bits per heavy atom. The summed E-state index contributed by atoms with van der Waals surface area (Å²) < 4.78 is 13.0. The average Bonchev–Trinajstić information content (AvgIpc) is 2.26. The second kappa shape index (κ2) is 5.71. The van der Waals surface area contributed by atoms with Crippen LogP contribution in [-0.4, -0.2) is 19.0 Å². The van der Waals surface area contributed by atoms with E-state index in [1.807, 2.05) is 0 Å². The first-order valence-electron chi connectivity index (χ1n) is 4.81. The van der Waals surface area contributed by atoms with Crippen molar-refractivity contribution in [2.24, 2.45) is 0 Å². The average molecular weight is 221 g/mol. The molecule has 0 radical (unpaired) electrons. The highest BCUT2D eigenvalue weighted by Crippen LogP contribution is 2.13. The van der Waals surface area contributed by atoms with Crippen LogP contribution in [0.2, 0.25) is 0 Å². The minimum Gasteiger partial charge on any atom is -0.383 e. The first kappa shape index (κ1) is 12.0. The van der Waals surface area contributed by atoms with Gasteiger partial charge in [0.25, 0.3) is 0 Å². The largest absolute Gasteiger partial charge is 0.383 e. The molecule has 5 heteroatoms. The lowest BCUT2D eigenvalue weighted by atomic mass is 10.2. The van der Waals surface area contributed by atoms with Gasteiger partial charge in [-0.05, 0) is 18.2 Å². The van der Waals surface area contributed by atoms with Crippen molar-refractivity contribution in [1.82, 2.24) is 5.32 Å². The van der Waals surface area contributed by atoms with E-state index in [1.54, 1.807) is 12.1 Å². The summed E-state index contributed by atoms with van der Waals surface area (Å²) in [5.74, 6) is -0.631. The second-order valence-electron chi connectivity index (χ2n) is 3.22. The van der Waals surface area contributed by atoms with Crippen molar-refractivity contribution in [3.05, 3.63) is 29.6 Å². The molecule has 0 fully saturated rings. The van der Waals surface area contributed by atoms with Crippen LogP contribution in [-0.2, 0) is 4.79 Å². The predicted molar refractivity (Wildman–Crippen MR) is 58.3 cm³/mol. The highest BCUT2D eigenvalue weighted by molar-refractivity contribution is 5.72. The SMILES string of the molecule is CC(=O)NCCNc1ccc(F)c(C#N)c1. The lowest BCUT2D eigenvalue weighted by Crippen LogP contribution is -2.26. The van der Waals surface area contributed by atoms with Gasteiger partial charge < -0.3 is 10.6 Å². The fourth-order valence-corrected chi connectivity index (χ4v) is 1.17.